The molecule has 156 valence electrons. The van der Waals surface area contributed by atoms with Gasteiger partial charge in [-0.05, 0) is 57.7 Å². The SMILES string of the molecule is O=C(O)c1ccc(C(=C(c2ccccc2)c2ccc(C(=O)O)cc2)c2ccccc2)cc1. The van der Waals surface area contributed by atoms with Crippen LogP contribution < -0.4 is 0 Å². The molecule has 0 aliphatic heterocycles. The molecule has 0 radical (unpaired) electrons. The fraction of sp³-hybridized carbons (Fsp3) is 0. The van der Waals surface area contributed by atoms with E-state index in [-0.39, 0.29) is 11.1 Å². The largest absolute Gasteiger partial charge is 0.478 e. The number of hydrogen-bond donors (Lipinski definition) is 2. The molecule has 2 N–H and O–H groups in total. The molecule has 4 aromatic carbocycles. The maximum atomic E-state index is 11.4. The second kappa shape index (κ2) is 9.14. The van der Waals surface area contributed by atoms with Crippen molar-refractivity contribution >= 4 is 23.1 Å². The number of benzene rings is 4. The monoisotopic (exact) mass is 420 g/mol. The lowest BCUT2D eigenvalue weighted by atomic mass is 9.85. The average molecular weight is 420 g/mol. The molecule has 0 saturated heterocycles. The standard InChI is InChI=1S/C28H20O4/c29-27(30)23-15-11-21(12-16-23)25(19-7-3-1-4-8-19)26(20-9-5-2-6-10-20)22-13-17-24(18-14-22)28(31)32/h1-18H,(H,29,30)(H,31,32). The van der Waals surface area contributed by atoms with Crippen LogP contribution in [-0.4, -0.2) is 22.2 Å². The molecule has 0 spiro atoms. The van der Waals surface area contributed by atoms with Crippen molar-refractivity contribution in [3.8, 4) is 0 Å². The summed E-state index contributed by atoms with van der Waals surface area (Å²) in [6.07, 6.45) is 0. The van der Waals surface area contributed by atoms with Gasteiger partial charge >= 0.3 is 11.9 Å². The van der Waals surface area contributed by atoms with Gasteiger partial charge in [0.25, 0.3) is 0 Å². The highest BCUT2D eigenvalue weighted by Crippen LogP contribution is 2.37. The Labute approximate surface area is 185 Å². The molecule has 0 unspecified atom stereocenters. The van der Waals surface area contributed by atoms with E-state index in [1.54, 1.807) is 48.5 Å². The highest BCUT2D eigenvalue weighted by molar-refractivity contribution is 6.05. The molecule has 0 saturated carbocycles. The van der Waals surface area contributed by atoms with E-state index in [4.69, 9.17) is 0 Å². The van der Waals surface area contributed by atoms with E-state index >= 15 is 0 Å². The zero-order chi connectivity index (χ0) is 22.5. The number of rotatable bonds is 6. The van der Waals surface area contributed by atoms with E-state index in [1.165, 1.54) is 0 Å². The number of carboxylic acids is 2. The summed E-state index contributed by atoms with van der Waals surface area (Å²) in [5, 5.41) is 18.6. The first kappa shape index (κ1) is 20.8. The number of hydrogen-bond acceptors (Lipinski definition) is 2. The van der Waals surface area contributed by atoms with Crippen LogP contribution in [0.15, 0.2) is 109 Å². The van der Waals surface area contributed by atoms with Crippen molar-refractivity contribution in [2.45, 2.75) is 0 Å². The number of carbonyl (C=O) groups is 2. The van der Waals surface area contributed by atoms with E-state index in [0.717, 1.165) is 33.4 Å². The molecule has 0 aliphatic rings. The van der Waals surface area contributed by atoms with Crippen LogP contribution in [0.25, 0.3) is 11.1 Å². The first-order valence-corrected chi connectivity index (χ1v) is 10.1. The van der Waals surface area contributed by atoms with Gasteiger partial charge in [-0.25, -0.2) is 9.59 Å². The highest BCUT2D eigenvalue weighted by Gasteiger charge is 2.17. The third kappa shape index (κ3) is 4.35. The summed E-state index contributed by atoms with van der Waals surface area (Å²) in [5.41, 5.74) is 5.95. The van der Waals surface area contributed by atoms with Crippen molar-refractivity contribution in [3.05, 3.63) is 143 Å². The molecule has 4 aromatic rings. The summed E-state index contributed by atoms with van der Waals surface area (Å²) >= 11 is 0. The minimum absolute atomic E-state index is 0.216. The number of aromatic carboxylic acids is 2. The summed E-state index contributed by atoms with van der Waals surface area (Å²) in [6, 6.07) is 33.3. The summed E-state index contributed by atoms with van der Waals surface area (Å²) < 4.78 is 0. The second-order valence-electron chi connectivity index (χ2n) is 7.25. The average Bonchev–Trinajstić information content (AvgIpc) is 2.84. The summed E-state index contributed by atoms with van der Waals surface area (Å²) in [7, 11) is 0. The third-order valence-electron chi connectivity index (χ3n) is 5.22. The zero-order valence-electron chi connectivity index (χ0n) is 17.1. The molecule has 4 heteroatoms. The summed E-state index contributed by atoms with van der Waals surface area (Å²) in [4.78, 5) is 22.7. The lowest BCUT2D eigenvalue weighted by molar-refractivity contribution is 0.0686. The molecule has 0 atom stereocenters. The Hall–Kier alpha value is -4.44. The Bertz CT molecular complexity index is 1170. The normalized spacial score (nSPS) is 11.5. The van der Waals surface area contributed by atoms with Gasteiger partial charge in [-0.2, -0.15) is 0 Å². The summed E-state index contributed by atoms with van der Waals surface area (Å²) in [6.45, 7) is 0. The molecular weight excluding hydrogens is 400 g/mol. The Morgan fingerprint density at radius 3 is 0.906 bits per heavy atom. The van der Waals surface area contributed by atoms with Crippen LogP contribution in [0.4, 0.5) is 0 Å². The van der Waals surface area contributed by atoms with Crippen molar-refractivity contribution in [1.82, 2.24) is 0 Å². The Morgan fingerprint density at radius 2 is 0.625 bits per heavy atom. The lowest BCUT2D eigenvalue weighted by Crippen LogP contribution is -2.00. The van der Waals surface area contributed by atoms with Crippen LogP contribution in [-0.2, 0) is 0 Å². The second-order valence-corrected chi connectivity index (χ2v) is 7.25. The Balaban J connectivity index is 2.03. The predicted octanol–water partition coefficient (Wildman–Crippen LogP) is 6.09. The van der Waals surface area contributed by atoms with Gasteiger partial charge in [-0.3, -0.25) is 0 Å². The minimum Gasteiger partial charge on any atom is -0.478 e. The van der Waals surface area contributed by atoms with Gasteiger partial charge in [0.15, 0.2) is 0 Å². The summed E-state index contributed by atoms with van der Waals surface area (Å²) in [5.74, 6) is -1.95. The van der Waals surface area contributed by atoms with Crippen molar-refractivity contribution in [1.29, 1.82) is 0 Å². The van der Waals surface area contributed by atoms with Gasteiger partial charge in [-0.1, -0.05) is 84.9 Å². The zero-order valence-corrected chi connectivity index (χ0v) is 17.1. The fourth-order valence-corrected chi connectivity index (χ4v) is 3.68. The maximum Gasteiger partial charge on any atom is 0.335 e. The molecule has 0 bridgehead atoms. The van der Waals surface area contributed by atoms with Gasteiger partial charge in [0.05, 0.1) is 11.1 Å². The van der Waals surface area contributed by atoms with E-state index in [9.17, 15) is 19.8 Å². The van der Waals surface area contributed by atoms with Crippen LogP contribution >= 0.6 is 0 Å². The van der Waals surface area contributed by atoms with Crippen LogP contribution in [0.5, 0.6) is 0 Å². The Kier molecular flexibility index (Phi) is 5.95. The fourth-order valence-electron chi connectivity index (χ4n) is 3.68. The van der Waals surface area contributed by atoms with Crippen molar-refractivity contribution < 1.29 is 19.8 Å². The van der Waals surface area contributed by atoms with Gasteiger partial charge in [0, 0.05) is 0 Å². The van der Waals surface area contributed by atoms with Crippen LogP contribution in [0.3, 0.4) is 0 Å². The third-order valence-corrected chi connectivity index (χ3v) is 5.22. The van der Waals surface area contributed by atoms with Crippen molar-refractivity contribution in [2.24, 2.45) is 0 Å². The molecule has 0 fully saturated rings. The van der Waals surface area contributed by atoms with Crippen molar-refractivity contribution in [3.63, 3.8) is 0 Å². The smallest absolute Gasteiger partial charge is 0.335 e. The minimum atomic E-state index is -0.977. The van der Waals surface area contributed by atoms with Gasteiger partial charge in [-0.15, -0.1) is 0 Å². The molecule has 0 amide bonds. The first-order chi connectivity index (χ1) is 15.5. The quantitative estimate of drug-likeness (QED) is 0.370. The van der Waals surface area contributed by atoms with E-state index in [0.29, 0.717) is 0 Å². The number of carboxylic acid groups (broad SMARTS) is 2. The molecule has 0 aliphatic carbocycles. The molecule has 32 heavy (non-hydrogen) atoms. The van der Waals surface area contributed by atoms with Crippen LogP contribution in [0.2, 0.25) is 0 Å². The van der Waals surface area contributed by atoms with Gasteiger partial charge < -0.3 is 10.2 Å². The van der Waals surface area contributed by atoms with Gasteiger partial charge in [0.1, 0.15) is 0 Å². The predicted molar refractivity (Wildman–Crippen MR) is 125 cm³/mol. The van der Waals surface area contributed by atoms with Crippen LogP contribution in [0, 0.1) is 0 Å². The van der Waals surface area contributed by atoms with Crippen molar-refractivity contribution in [2.75, 3.05) is 0 Å². The Morgan fingerprint density at radius 1 is 0.375 bits per heavy atom. The lowest BCUT2D eigenvalue weighted by Gasteiger charge is -2.18. The first-order valence-electron chi connectivity index (χ1n) is 10.1. The topological polar surface area (TPSA) is 74.6 Å². The molecule has 4 rings (SSSR count). The highest BCUT2D eigenvalue weighted by atomic mass is 16.4. The molecule has 0 aromatic heterocycles. The van der Waals surface area contributed by atoms with E-state index < -0.39 is 11.9 Å². The molecular formula is C28H20O4. The molecule has 0 heterocycles. The van der Waals surface area contributed by atoms with Crippen LogP contribution in [0.1, 0.15) is 43.0 Å². The van der Waals surface area contributed by atoms with E-state index in [2.05, 4.69) is 0 Å². The maximum absolute atomic E-state index is 11.4. The van der Waals surface area contributed by atoms with E-state index in [1.807, 2.05) is 60.7 Å². The van der Waals surface area contributed by atoms with Gasteiger partial charge in [0.2, 0.25) is 0 Å². The molecule has 4 nitrogen and oxygen atoms in total.